The van der Waals surface area contributed by atoms with Gasteiger partial charge in [-0.05, 0) is 42.9 Å². The molecule has 0 spiro atoms. The molecule has 0 fully saturated rings. The lowest BCUT2D eigenvalue weighted by molar-refractivity contribution is -0.122. The van der Waals surface area contributed by atoms with E-state index < -0.39 is 0 Å². The zero-order chi connectivity index (χ0) is 19.7. The SMILES string of the molecule is CC1(C)CC(NC(=O)CCc2ccc(C(C)(C)C)cc2)c2ccccc2O1. The van der Waals surface area contributed by atoms with Crippen molar-refractivity contribution in [2.45, 2.75) is 70.9 Å². The van der Waals surface area contributed by atoms with Gasteiger partial charge in [0.05, 0.1) is 6.04 Å². The van der Waals surface area contributed by atoms with Gasteiger partial charge in [-0.1, -0.05) is 63.2 Å². The van der Waals surface area contributed by atoms with Crippen LogP contribution in [-0.4, -0.2) is 11.5 Å². The molecule has 3 nitrogen and oxygen atoms in total. The topological polar surface area (TPSA) is 38.3 Å². The molecule has 0 bridgehead atoms. The lowest BCUT2D eigenvalue weighted by atomic mass is 9.86. The number of hydrogen-bond donors (Lipinski definition) is 1. The summed E-state index contributed by atoms with van der Waals surface area (Å²) in [6.07, 6.45) is 2.02. The Morgan fingerprint density at radius 2 is 1.78 bits per heavy atom. The number of para-hydroxylation sites is 1. The summed E-state index contributed by atoms with van der Waals surface area (Å²) < 4.78 is 6.05. The number of rotatable bonds is 4. The molecule has 0 aromatic heterocycles. The third-order valence-corrected chi connectivity index (χ3v) is 5.17. The zero-order valence-corrected chi connectivity index (χ0v) is 17.1. The molecule has 1 aliphatic heterocycles. The average molecular weight is 366 g/mol. The molecule has 3 heteroatoms. The van der Waals surface area contributed by atoms with Gasteiger partial charge in [0.2, 0.25) is 5.91 Å². The van der Waals surface area contributed by atoms with Crippen molar-refractivity contribution >= 4 is 5.91 Å². The Morgan fingerprint density at radius 1 is 1.11 bits per heavy atom. The monoisotopic (exact) mass is 365 g/mol. The zero-order valence-electron chi connectivity index (χ0n) is 17.1. The van der Waals surface area contributed by atoms with Gasteiger partial charge >= 0.3 is 0 Å². The lowest BCUT2D eigenvalue weighted by Crippen LogP contribution is -2.41. The molecule has 0 radical (unpaired) electrons. The fraction of sp³-hybridized carbons (Fsp3) is 0.458. The maximum absolute atomic E-state index is 12.6. The molecule has 3 rings (SSSR count). The molecule has 0 saturated heterocycles. The van der Waals surface area contributed by atoms with Crippen LogP contribution in [0.1, 0.15) is 70.2 Å². The summed E-state index contributed by atoms with van der Waals surface area (Å²) in [7, 11) is 0. The van der Waals surface area contributed by atoms with E-state index in [4.69, 9.17) is 4.74 Å². The van der Waals surface area contributed by atoms with Crippen molar-refractivity contribution in [3.8, 4) is 5.75 Å². The Hall–Kier alpha value is -2.29. The van der Waals surface area contributed by atoms with Gasteiger partial charge in [0.25, 0.3) is 0 Å². The van der Waals surface area contributed by atoms with E-state index in [1.165, 1.54) is 11.1 Å². The van der Waals surface area contributed by atoms with Crippen molar-refractivity contribution in [2.75, 3.05) is 0 Å². The highest BCUT2D eigenvalue weighted by Gasteiger charge is 2.34. The molecule has 0 saturated carbocycles. The van der Waals surface area contributed by atoms with Gasteiger partial charge < -0.3 is 10.1 Å². The van der Waals surface area contributed by atoms with Crippen molar-refractivity contribution < 1.29 is 9.53 Å². The molecule has 2 aromatic carbocycles. The minimum atomic E-state index is -0.283. The van der Waals surface area contributed by atoms with Crippen molar-refractivity contribution in [2.24, 2.45) is 0 Å². The van der Waals surface area contributed by atoms with Crippen LogP contribution in [0.4, 0.5) is 0 Å². The van der Waals surface area contributed by atoms with Gasteiger partial charge in [0.1, 0.15) is 11.4 Å². The molecule has 1 aliphatic rings. The molecule has 1 atom stereocenters. The molecule has 27 heavy (non-hydrogen) atoms. The molecule has 0 aliphatic carbocycles. The number of amides is 1. The van der Waals surface area contributed by atoms with Crippen LogP contribution in [0.5, 0.6) is 5.75 Å². The van der Waals surface area contributed by atoms with E-state index >= 15 is 0 Å². The summed E-state index contributed by atoms with van der Waals surface area (Å²) in [5.41, 5.74) is 3.45. The Labute approximate surface area is 163 Å². The van der Waals surface area contributed by atoms with Crippen LogP contribution in [0.15, 0.2) is 48.5 Å². The van der Waals surface area contributed by atoms with Gasteiger partial charge in [0.15, 0.2) is 0 Å². The quantitative estimate of drug-likeness (QED) is 0.795. The second-order valence-electron chi connectivity index (χ2n) is 9.17. The summed E-state index contributed by atoms with van der Waals surface area (Å²) in [6.45, 7) is 10.8. The van der Waals surface area contributed by atoms with Gasteiger partial charge in [-0.2, -0.15) is 0 Å². The number of ether oxygens (including phenoxy) is 1. The van der Waals surface area contributed by atoms with Crippen molar-refractivity contribution in [3.05, 3.63) is 65.2 Å². The number of carbonyl (C=O) groups excluding carboxylic acids is 1. The number of fused-ring (bicyclic) bond motifs is 1. The Bertz CT molecular complexity index is 800. The number of hydrogen-bond acceptors (Lipinski definition) is 2. The van der Waals surface area contributed by atoms with E-state index in [2.05, 4.69) is 64.2 Å². The third-order valence-electron chi connectivity index (χ3n) is 5.17. The van der Waals surface area contributed by atoms with Crippen LogP contribution in [0, 0.1) is 0 Å². The molecule has 1 amide bonds. The predicted octanol–water partition coefficient (Wildman–Crippen LogP) is 5.34. The first-order chi connectivity index (χ1) is 12.6. The highest BCUT2D eigenvalue weighted by Crippen LogP contribution is 2.39. The second-order valence-corrected chi connectivity index (χ2v) is 9.17. The number of benzene rings is 2. The molecular formula is C24H31NO2. The lowest BCUT2D eigenvalue weighted by Gasteiger charge is -2.37. The Balaban J connectivity index is 1.61. The standard InChI is InChI=1S/C24H31NO2/c1-23(2,3)18-13-10-17(11-14-18)12-15-22(26)25-20-16-24(4,5)27-21-9-7-6-8-19(20)21/h6-11,13-14,20H,12,15-16H2,1-5H3,(H,25,26). The predicted molar refractivity (Wildman–Crippen MR) is 110 cm³/mol. The summed E-state index contributed by atoms with van der Waals surface area (Å²) in [4.78, 5) is 12.6. The van der Waals surface area contributed by atoms with E-state index in [-0.39, 0.29) is 23.0 Å². The number of aryl methyl sites for hydroxylation is 1. The third kappa shape index (κ3) is 4.91. The number of carbonyl (C=O) groups is 1. The fourth-order valence-electron chi connectivity index (χ4n) is 3.63. The number of nitrogens with one attached hydrogen (secondary N) is 1. The van der Waals surface area contributed by atoms with Crippen LogP contribution in [-0.2, 0) is 16.6 Å². The molecule has 144 valence electrons. The van der Waals surface area contributed by atoms with Gasteiger partial charge in [0, 0.05) is 18.4 Å². The van der Waals surface area contributed by atoms with Gasteiger partial charge in [-0.15, -0.1) is 0 Å². The summed E-state index contributed by atoms with van der Waals surface area (Å²) in [5.74, 6) is 0.962. The largest absolute Gasteiger partial charge is 0.487 e. The highest BCUT2D eigenvalue weighted by atomic mass is 16.5. The van der Waals surface area contributed by atoms with Crippen molar-refractivity contribution in [1.82, 2.24) is 5.32 Å². The Kier molecular flexibility index (Phi) is 5.32. The van der Waals surface area contributed by atoms with E-state index in [1.54, 1.807) is 0 Å². The first-order valence-corrected chi connectivity index (χ1v) is 9.81. The van der Waals surface area contributed by atoms with Crippen LogP contribution in [0.25, 0.3) is 0 Å². The minimum absolute atomic E-state index is 0.000663. The van der Waals surface area contributed by atoms with Crippen molar-refractivity contribution in [1.29, 1.82) is 0 Å². The first-order valence-electron chi connectivity index (χ1n) is 9.81. The molecular weight excluding hydrogens is 334 g/mol. The fourth-order valence-corrected chi connectivity index (χ4v) is 3.63. The average Bonchev–Trinajstić information content (AvgIpc) is 2.58. The van der Waals surface area contributed by atoms with E-state index in [1.807, 2.05) is 24.3 Å². The Morgan fingerprint density at radius 3 is 2.44 bits per heavy atom. The van der Waals surface area contributed by atoms with Crippen molar-refractivity contribution in [3.63, 3.8) is 0 Å². The molecule has 1 unspecified atom stereocenters. The summed E-state index contributed by atoms with van der Waals surface area (Å²) >= 11 is 0. The minimum Gasteiger partial charge on any atom is -0.487 e. The van der Waals surface area contributed by atoms with Crippen LogP contribution in [0.3, 0.4) is 0 Å². The molecule has 1 N–H and O–H groups in total. The smallest absolute Gasteiger partial charge is 0.220 e. The van der Waals surface area contributed by atoms with Crippen LogP contribution < -0.4 is 10.1 Å². The molecule has 2 aromatic rings. The van der Waals surface area contributed by atoms with Gasteiger partial charge in [-0.25, -0.2) is 0 Å². The summed E-state index contributed by atoms with van der Waals surface area (Å²) in [6, 6.07) is 16.6. The first kappa shape index (κ1) is 19.5. The van der Waals surface area contributed by atoms with E-state index in [0.29, 0.717) is 6.42 Å². The van der Waals surface area contributed by atoms with Gasteiger partial charge in [-0.3, -0.25) is 4.79 Å². The second kappa shape index (κ2) is 7.38. The maximum atomic E-state index is 12.6. The highest BCUT2D eigenvalue weighted by molar-refractivity contribution is 5.77. The normalized spacial score (nSPS) is 18.3. The van der Waals surface area contributed by atoms with Crippen LogP contribution in [0.2, 0.25) is 0 Å². The van der Waals surface area contributed by atoms with E-state index in [9.17, 15) is 4.79 Å². The van der Waals surface area contributed by atoms with Crippen LogP contribution >= 0.6 is 0 Å². The molecule has 1 heterocycles. The maximum Gasteiger partial charge on any atom is 0.220 e. The van der Waals surface area contributed by atoms with E-state index in [0.717, 1.165) is 24.2 Å². The summed E-state index contributed by atoms with van der Waals surface area (Å²) in [5, 5.41) is 3.22.